The zero-order chi connectivity index (χ0) is 16.8. The highest BCUT2D eigenvalue weighted by Crippen LogP contribution is 2.21. The smallest absolute Gasteiger partial charge is 0.265 e. The third-order valence-corrected chi connectivity index (χ3v) is 3.81. The lowest BCUT2D eigenvalue weighted by Gasteiger charge is -2.12. The van der Waals surface area contributed by atoms with Crippen LogP contribution in [-0.2, 0) is 9.63 Å². The number of nitrogens with zero attached hydrogens (tertiary/aromatic N) is 1. The molecule has 0 bridgehead atoms. The third kappa shape index (κ3) is 5.21. The Kier molecular flexibility index (Phi) is 5.93. The van der Waals surface area contributed by atoms with Crippen molar-refractivity contribution in [2.75, 3.05) is 11.9 Å². The summed E-state index contributed by atoms with van der Waals surface area (Å²) < 4.78 is 0.999. The average Bonchev–Trinajstić information content (AvgIpc) is 2.49. The first-order valence-corrected chi connectivity index (χ1v) is 8.03. The van der Waals surface area contributed by atoms with E-state index in [0.29, 0.717) is 0 Å². The minimum atomic E-state index is -0.229. The number of oxime groups is 1. The van der Waals surface area contributed by atoms with E-state index >= 15 is 0 Å². The Bertz CT molecular complexity index is 701. The second-order valence-electron chi connectivity index (χ2n) is 5.38. The van der Waals surface area contributed by atoms with Crippen molar-refractivity contribution >= 4 is 33.7 Å². The quantitative estimate of drug-likeness (QED) is 0.624. The van der Waals surface area contributed by atoms with Gasteiger partial charge in [-0.05, 0) is 49.6 Å². The van der Waals surface area contributed by atoms with E-state index in [2.05, 4.69) is 26.4 Å². The summed E-state index contributed by atoms with van der Waals surface area (Å²) in [4.78, 5) is 17.0. The van der Waals surface area contributed by atoms with E-state index < -0.39 is 0 Å². The Morgan fingerprint density at radius 2 is 1.78 bits per heavy atom. The molecule has 0 aliphatic heterocycles. The molecule has 1 N–H and O–H groups in total. The molecule has 0 saturated carbocycles. The molecule has 0 spiro atoms. The molecule has 0 saturated heterocycles. The molecule has 0 heterocycles. The highest BCUT2D eigenvalue weighted by atomic mass is 79.9. The van der Waals surface area contributed by atoms with Gasteiger partial charge in [0.15, 0.2) is 6.61 Å². The fourth-order valence-electron chi connectivity index (χ4n) is 2.30. The van der Waals surface area contributed by atoms with Crippen molar-refractivity contribution in [1.29, 1.82) is 0 Å². The minimum absolute atomic E-state index is 0.125. The standard InChI is InChI=1S/C18H19BrN2O2/c1-12-8-13(2)18(14(3)9-12)21-17(22)11-23-20-10-15-4-6-16(19)7-5-15/h4-10H,11H2,1-3H3,(H,21,22)/b20-10-. The van der Waals surface area contributed by atoms with Crippen LogP contribution < -0.4 is 5.32 Å². The van der Waals surface area contributed by atoms with Crippen LogP contribution in [0.1, 0.15) is 22.3 Å². The second-order valence-corrected chi connectivity index (χ2v) is 6.30. The topological polar surface area (TPSA) is 50.7 Å². The molecule has 23 heavy (non-hydrogen) atoms. The Balaban J connectivity index is 1.87. The van der Waals surface area contributed by atoms with E-state index in [1.165, 1.54) is 5.56 Å². The molecule has 5 heteroatoms. The predicted molar refractivity (Wildman–Crippen MR) is 97.0 cm³/mol. The summed E-state index contributed by atoms with van der Waals surface area (Å²) in [6, 6.07) is 11.7. The molecule has 1 amide bonds. The summed E-state index contributed by atoms with van der Waals surface area (Å²) in [6.07, 6.45) is 1.57. The Labute approximate surface area is 144 Å². The summed E-state index contributed by atoms with van der Waals surface area (Å²) >= 11 is 3.37. The van der Waals surface area contributed by atoms with Gasteiger partial charge in [0.25, 0.3) is 5.91 Å². The molecule has 0 aliphatic carbocycles. The molecule has 0 unspecified atom stereocenters. The maximum atomic E-state index is 11.9. The van der Waals surface area contributed by atoms with Crippen LogP contribution in [0, 0.1) is 20.8 Å². The number of benzene rings is 2. The summed E-state index contributed by atoms with van der Waals surface area (Å²) in [5, 5.41) is 6.68. The summed E-state index contributed by atoms with van der Waals surface area (Å²) in [5.74, 6) is -0.229. The highest BCUT2D eigenvalue weighted by molar-refractivity contribution is 9.10. The number of carbonyl (C=O) groups is 1. The predicted octanol–water partition coefficient (Wildman–Crippen LogP) is 4.36. The molecule has 2 aromatic carbocycles. The van der Waals surface area contributed by atoms with Gasteiger partial charge in [-0.15, -0.1) is 0 Å². The van der Waals surface area contributed by atoms with E-state index in [0.717, 1.165) is 26.9 Å². The van der Waals surface area contributed by atoms with Gasteiger partial charge in [-0.25, -0.2) is 0 Å². The number of carbonyl (C=O) groups excluding carboxylic acids is 1. The van der Waals surface area contributed by atoms with Crippen LogP contribution in [0.4, 0.5) is 5.69 Å². The number of amides is 1. The molecule has 120 valence electrons. The SMILES string of the molecule is Cc1cc(C)c(NC(=O)CO/N=C\c2ccc(Br)cc2)c(C)c1. The molecule has 0 aromatic heterocycles. The summed E-state index contributed by atoms with van der Waals surface area (Å²) in [7, 11) is 0. The van der Waals surface area contributed by atoms with Gasteiger partial charge in [0.2, 0.25) is 0 Å². The van der Waals surface area contributed by atoms with Gasteiger partial charge in [0.1, 0.15) is 0 Å². The van der Waals surface area contributed by atoms with Gasteiger partial charge < -0.3 is 10.2 Å². The molecule has 2 rings (SSSR count). The number of nitrogens with one attached hydrogen (secondary N) is 1. The molecule has 0 fully saturated rings. The lowest BCUT2D eigenvalue weighted by molar-refractivity contribution is -0.120. The number of halogens is 1. The zero-order valence-corrected chi connectivity index (χ0v) is 15.0. The van der Waals surface area contributed by atoms with E-state index in [4.69, 9.17) is 4.84 Å². The van der Waals surface area contributed by atoms with Crippen molar-refractivity contribution in [3.63, 3.8) is 0 Å². The molecular weight excluding hydrogens is 356 g/mol. The lowest BCUT2D eigenvalue weighted by atomic mass is 10.1. The Morgan fingerprint density at radius 3 is 2.39 bits per heavy atom. The van der Waals surface area contributed by atoms with Crippen LogP contribution in [-0.4, -0.2) is 18.7 Å². The molecular formula is C18H19BrN2O2. The molecule has 0 aliphatic rings. The molecule has 0 atom stereocenters. The zero-order valence-electron chi connectivity index (χ0n) is 13.4. The van der Waals surface area contributed by atoms with Crippen LogP contribution in [0.15, 0.2) is 46.0 Å². The van der Waals surface area contributed by atoms with E-state index in [1.807, 2.05) is 57.2 Å². The van der Waals surface area contributed by atoms with Crippen LogP contribution in [0.5, 0.6) is 0 Å². The van der Waals surface area contributed by atoms with Gasteiger partial charge in [0, 0.05) is 10.2 Å². The van der Waals surface area contributed by atoms with Crippen LogP contribution >= 0.6 is 15.9 Å². The molecule has 4 nitrogen and oxygen atoms in total. The first-order valence-electron chi connectivity index (χ1n) is 7.24. The maximum absolute atomic E-state index is 11.9. The van der Waals surface area contributed by atoms with E-state index in [1.54, 1.807) is 6.21 Å². The van der Waals surface area contributed by atoms with Gasteiger partial charge in [-0.3, -0.25) is 4.79 Å². The molecule has 0 radical (unpaired) electrons. The van der Waals surface area contributed by atoms with Crippen molar-refractivity contribution in [3.05, 3.63) is 63.1 Å². The number of hydrogen-bond donors (Lipinski definition) is 1. The second kappa shape index (κ2) is 7.92. The van der Waals surface area contributed by atoms with E-state index in [9.17, 15) is 4.79 Å². The number of aryl methyl sites for hydroxylation is 3. The number of anilines is 1. The van der Waals surface area contributed by atoms with Gasteiger partial charge in [-0.2, -0.15) is 0 Å². The fraction of sp³-hybridized carbons (Fsp3) is 0.222. The number of rotatable bonds is 5. The summed E-state index contributed by atoms with van der Waals surface area (Å²) in [5.41, 5.74) is 4.98. The maximum Gasteiger partial charge on any atom is 0.265 e. The average molecular weight is 375 g/mol. The number of hydrogen-bond acceptors (Lipinski definition) is 3. The third-order valence-electron chi connectivity index (χ3n) is 3.28. The first-order chi connectivity index (χ1) is 11.0. The summed E-state index contributed by atoms with van der Waals surface area (Å²) in [6.45, 7) is 5.86. The Morgan fingerprint density at radius 1 is 1.17 bits per heavy atom. The highest BCUT2D eigenvalue weighted by Gasteiger charge is 2.08. The Hall–Kier alpha value is -2.14. The lowest BCUT2D eigenvalue weighted by Crippen LogP contribution is -2.18. The van der Waals surface area contributed by atoms with Crippen molar-refractivity contribution in [2.24, 2.45) is 5.16 Å². The van der Waals surface area contributed by atoms with Gasteiger partial charge >= 0.3 is 0 Å². The van der Waals surface area contributed by atoms with Crippen molar-refractivity contribution < 1.29 is 9.63 Å². The fourth-order valence-corrected chi connectivity index (χ4v) is 2.56. The van der Waals surface area contributed by atoms with Crippen molar-refractivity contribution in [2.45, 2.75) is 20.8 Å². The normalized spacial score (nSPS) is 10.8. The van der Waals surface area contributed by atoms with Crippen molar-refractivity contribution in [3.8, 4) is 0 Å². The van der Waals surface area contributed by atoms with Crippen molar-refractivity contribution in [1.82, 2.24) is 0 Å². The minimum Gasteiger partial charge on any atom is -0.386 e. The first kappa shape index (κ1) is 17.2. The van der Waals surface area contributed by atoms with Crippen LogP contribution in [0.25, 0.3) is 0 Å². The van der Waals surface area contributed by atoms with Gasteiger partial charge in [0.05, 0.1) is 6.21 Å². The molecule has 2 aromatic rings. The monoisotopic (exact) mass is 374 g/mol. The van der Waals surface area contributed by atoms with Crippen LogP contribution in [0.2, 0.25) is 0 Å². The largest absolute Gasteiger partial charge is 0.386 e. The van der Waals surface area contributed by atoms with Crippen LogP contribution in [0.3, 0.4) is 0 Å². The van der Waals surface area contributed by atoms with E-state index in [-0.39, 0.29) is 12.5 Å². The van der Waals surface area contributed by atoms with Gasteiger partial charge in [-0.1, -0.05) is 50.9 Å².